The molecule has 1 unspecified atom stereocenters. The topological polar surface area (TPSA) is 54.5 Å². The van der Waals surface area contributed by atoms with Crippen LogP contribution >= 0.6 is 33.3 Å². The number of anilines is 1. The summed E-state index contributed by atoms with van der Waals surface area (Å²) in [5, 5.41) is -0.816. The molecule has 0 aliphatic carbocycles. The third-order valence-electron chi connectivity index (χ3n) is 3.02. The van der Waals surface area contributed by atoms with E-state index in [4.69, 9.17) is 10.7 Å². The molecule has 0 bridgehead atoms. The van der Waals surface area contributed by atoms with E-state index in [2.05, 4.69) is 22.6 Å². The normalized spacial score (nSPS) is 20.5. The fraction of sp³-hybridized carbons (Fsp3) is 0.364. The molecule has 1 aromatic carbocycles. The molecule has 0 N–H and O–H groups in total. The second-order valence-corrected chi connectivity index (χ2v) is 8.26. The number of carbonyl (C=O) groups is 1. The van der Waals surface area contributed by atoms with Crippen molar-refractivity contribution in [2.75, 3.05) is 11.4 Å². The Bertz CT molecular complexity index is 602. The van der Waals surface area contributed by atoms with Gasteiger partial charge in [-0.25, -0.2) is 8.42 Å². The minimum Gasteiger partial charge on any atom is -0.311 e. The van der Waals surface area contributed by atoms with Crippen LogP contribution in [-0.2, 0) is 13.8 Å². The first-order chi connectivity index (χ1) is 8.30. The molecule has 4 nitrogen and oxygen atoms in total. The van der Waals surface area contributed by atoms with Crippen LogP contribution in [0.5, 0.6) is 0 Å². The Kier molecular flexibility index (Phi) is 3.89. The predicted octanol–water partition coefficient (Wildman–Crippen LogP) is 2.27. The molecule has 1 heterocycles. The van der Waals surface area contributed by atoms with Gasteiger partial charge in [0.25, 0.3) is 0 Å². The van der Waals surface area contributed by atoms with Crippen molar-refractivity contribution in [2.45, 2.75) is 18.6 Å². The summed E-state index contributed by atoms with van der Waals surface area (Å²) < 4.78 is 23.6. The zero-order chi connectivity index (χ0) is 13.5. The van der Waals surface area contributed by atoms with Crippen LogP contribution in [0.1, 0.15) is 12.0 Å². The molecule has 1 aliphatic heterocycles. The number of nitrogens with zero attached hydrogens (tertiary/aromatic N) is 1. The van der Waals surface area contributed by atoms with E-state index in [-0.39, 0.29) is 18.9 Å². The summed E-state index contributed by atoms with van der Waals surface area (Å²) in [5.41, 5.74) is 1.73. The number of halogens is 2. The summed E-state index contributed by atoms with van der Waals surface area (Å²) >= 11 is 2.18. The molecule has 0 saturated carbocycles. The monoisotopic (exact) mass is 399 g/mol. The van der Waals surface area contributed by atoms with Gasteiger partial charge in [0, 0.05) is 32.9 Å². The molecular formula is C11H11ClINO3S. The van der Waals surface area contributed by atoms with Crippen LogP contribution in [0.3, 0.4) is 0 Å². The Morgan fingerprint density at radius 1 is 1.44 bits per heavy atom. The number of hydrogen-bond acceptors (Lipinski definition) is 3. The van der Waals surface area contributed by atoms with Crippen molar-refractivity contribution in [3.63, 3.8) is 0 Å². The maximum atomic E-state index is 11.9. The number of amides is 1. The van der Waals surface area contributed by atoms with Crippen LogP contribution in [0.25, 0.3) is 0 Å². The molecule has 1 amide bonds. The van der Waals surface area contributed by atoms with Crippen LogP contribution in [0.4, 0.5) is 5.69 Å². The second kappa shape index (κ2) is 4.97. The highest BCUT2D eigenvalue weighted by Gasteiger charge is 2.38. The molecule has 0 spiro atoms. The fourth-order valence-corrected chi connectivity index (χ4v) is 3.50. The zero-order valence-electron chi connectivity index (χ0n) is 9.56. The van der Waals surface area contributed by atoms with Gasteiger partial charge in [0.05, 0.1) is 0 Å². The first kappa shape index (κ1) is 14.1. The highest BCUT2D eigenvalue weighted by atomic mass is 127. The maximum absolute atomic E-state index is 11.9. The van der Waals surface area contributed by atoms with Gasteiger partial charge in [-0.15, -0.1) is 0 Å². The summed E-state index contributed by atoms with van der Waals surface area (Å²) in [6, 6.07) is 5.61. The van der Waals surface area contributed by atoms with Crippen molar-refractivity contribution in [2.24, 2.45) is 0 Å². The third kappa shape index (κ3) is 2.65. The largest absolute Gasteiger partial charge is 0.311 e. The van der Waals surface area contributed by atoms with Gasteiger partial charge in [-0.05, 0) is 47.2 Å². The molecule has 1 atom stereocenters. The average Bonchev–Trinajstić information content (AvgIpc) is 2.64. The van der Waals surface area contributed by atoms with Gasteiger partial charge in [0.15, 0.2) is 0 Å². The molecule has 1 saturated heterocycles. The molecule has 7 heteroatoms. The lowest BCUT2D eigenvalue weighted by Crippen LogP contribution is -2.27. The molecule has 1 aromatic rings. The van der Waals surface area contributed by atoms with E-state index < -0.39 is 14.3 Å². The summed E-state index contributed by atoms with van der Waals surface area (Å²) in [4.78, 5) is 13.4. The lowest BCUT2D eigenvalue weighted by molar-refractivity contribution is -0.117. The van der Waals surface area contributed by atoms with Crippen LogP contribution in [-0.4, -0.2) is 26.1 Å². The van der Waals surface area contributed by atoms with Crippen LogP contribution in [0.15, 0.2) is 18.2 Å². The Morgan fingerprint density at radius 3 is 2.67 bits per heavy atom. The Labute approximate surface area is 124 Å². The molecule has 2 rings (SSSR count). The fourth-order valence-electron chi connectivity index (χ4n) is 1.98. The van der Waals surface area contributed by atoms with Gasteiger partial charge in [-0.3, -0.25) is 4.79 Å². The predicted molar refractivity (Wildman–Crippen MR) is 79.4 cm³/mol. The molecule has 1 fully saturated rings. The van der Waals surface area contributed by atoms with E-state index in [9.17, 15) is 13.2 Å². The second-order valence-electron chi connectivity index (χ2n) is 4.19. The molecular weight excluding hydrogens is 389 g/mol. The van der Waals surface area contributed by atoms with E-state index in [0.717, 1.165) is 14.8 Å². The van der Waals surface area contributed by atoms with Crippen molar-refractivity contribution < 1.29 is 13.2 Å². The van der Waals surface area contributed by atoms with E-state index in [1.165, 1.54) is 4.90 Å². The van der Waals surface area contributed by atoms with Gasteiger partial charge in [-0.1, -0.05) is 6.07 Å². The summed E-state index contributed by atoms with van der Waals surface area (Å²) in [7, 11) is 1.63. The quantitative estimate of drug-likeness (QED) is 0.566. The van der Waals surface area contributed by atoms with Gasteiger partial charge < -0.3 is 4.90 Å². The lowest BCUT2D eigenvalue weighted by Gasteiger charge is -2.19. The van der Waals surface area contributed by atoms with E-state index in [0.29, 0.717) is 0 Å². The first-order valence-electron chi connectivity index (χ1n) is 5.29. The summed E-state index contributed by atoms with van der Waals surface area (Å²) in [5.74, 6) is -0.200. The van der Waals surface area contributed by atoms with Crippen molar-refractivity contribution in [3.05, 3.63) is 27.3 Å². The van der Waals surface area contributed by atoms with Crippen LogP contribution < -0.4 is 4.90 Å². The third-order valence-corrected chi connectivity index (χ3v) is 6.05. The number of hydrogen-bond donors (Lipinski definition) is 0. The molecule has 18 heavy (non-hydrogen) atoms. The van der Waals surface area contributed by atoms with Gasteiger partial charge in [-0.2, -0.15) is 0 Å². The summed E-state index contributed by atoms with van der Waals surface area (Å²) in [6.45, 7) is 2.04. The Hall–Kier alpha value is -0.340. The number of benzene rings is 1. The molecule has 1 aliphatic rings. The van der Waals surface area contributed by atoms with E-state index >= 15 is 0 Å². The smallest absolute Gasteiger partial charge is 0.237 e. The minimum atomic E-state index is -3.69. The van der Waals surface area contributed by atoms with Crippen molar-refractivity contribution in [3.8, 4) is 0 Å². The van der Waals surface area contributed by atoms with Crippen molar-refractivity contribution in [1.82, 2.24) is 0 Å². The number of rotatable bonds is 2. The number of carbonyl (C=O) groups excluding carboxylic acids is 1. The lowest BCUT2D eigenvalue weighted by atomic mass is 10.2. The average molecular weight is 400 g/mol. The first-order valence-corrected chi connectivity index (χ1v) is 8.75. The van der Waals surface area contributed by atoms with Gasteiger partial charge >= 0.3 is 0 Å². The highest BCUT2D eigenvalue weighted by Crippen LogP contribution is 2.30. The van der Waals surface area contributed by atoms with E-state index in [1.807, 2.05) is 25.1 Å². The zero-order valence-corrected chi connectivity index (χ0v) is 13.3. The Morgan fingerprint density at radius 2 is 2.11 bits per heavy atom. The van der Waals surface area contributed by atoms with Crippen LogP contribution in [0.2, 0.25) is 0 Å². The minimum absolute atomic E-state index is 0.0449. The highest BCUT2D eigenvalue weighted by molar-refractivity contribution is 14.1. The summed E-state index contributed by atoms with van der Waals surface area (Å²) in [6.07, 6.45) is -0.0449. The SMILES string of the molecule is Cc1c(I)cccc1N1CC(S(=O)(=O)Cl)CC1=O. The van der Waals surface area contributed by atoms with Crippen molar-refractivity contribution in [1.29, 1.82) is 0 Å². The van der Waals surface area contributed by atoms with Gasteiger partial charge in [0.1, 0.15) is 5.25 Å². The molecule has 0 aromatic heterocycles. The van der Waals surface area contributed by atoms with E-state index in [1.54, 1.807) is 0 Å². The van der Waals surface area contributed by atoms with Crippen molar-refractivity contribution >= 4 is 53.9 Å². The molecule has 98 valence electrons. The van der Waals surface area contributed by atoms with Crippen LogP contribution in [0, 0.1) is 10.5 Å². The van der Waals surface area contributed by atoms with Gasteiger partial charge in [0.2, 0.25) is 15.0 Å². The maximum Gasteiger partial charge on any atom is 0.237 e. The standard InChI is InChI=1S/C11H11ClINO3S/c1-7-9(13)3-2-4-10(7)14-6-8(5-11(14)15)18(12,16)17/h2-4,8H,5-6H2,1H3. The Balaban J connectivity index is 2.36. The molecule has 0 radical (unpaired) electrons.